The normalized spacial score (nSPS) is 11.8. The molecule has 0 bridgehead atoms. The Hall–Kier alpha value is -1.77. The molecule has 1 heterocycles. The lowest BCUT2D eigenvalue weighted by Gasteiger charge is -2.08. The summed E-state index contributed by atoms with van der Waals surface area (Å²) in [5.74, 6) is 0.000182. The quantitative estimate of drug-likeness (QED) is 0.840. The second kappa shape index (κ2) is 6.33. The van der Waals surface area contributed by atoms with E-state index in [0.29, 0.717) is 17.9 Å². The first-order valence-corrected chi connectivity index (χ1v) is 7.74. The minimum atomic E-state index is -3.97. The molecular formula is C13H16FN3O3S. The number of rotatable bonds is 6. The van der Waals surface area contributed by atoms with Crippen molar-refractivity contribution in [2.45, 2.75) is 24.9 Å². The molecule has 0 radical (unpaired) electrons. The standard InChI is InChI=1S/C13H16FN3O3S/c1-9-6-16-13(20-9)8-17-21(18,19)12-5-10(7-15-2)3-4-11(12)14/h3-6,15,17H,7-8H2,1-2H3. The number of nitrogens with one attached hydrogen (secondary N) is 2. The molecule has 0 atom stereocenters. The van der Waals surface area contributed by atoms with Crippen LogP contribution in [0.1, 0.15) is 17.2 Å². The fourth-order valence-electron chi connectivity index (χ4n) is 1.79. The molecule has 0 fully saturated rings. The molecule has 21 heavy (non-hydrogen) atoms. The highest BCUT2D eigenvalue weighted by Gasteiger charge is 2.20. The molecule has 8 heteroatoms. The third kappa shape index (κ3) is 3.87. The average molecular weight is 313 g/mol. The van der Waals surface area contributed by atoms with Crippen LogP contribution in [0.25, 0.3) is 0 Å². The molecular weight excluding hydrogens is 297 g/mol. The van der Waals surface area contributed by atoms with E-state index < -0.39 is 20.7 Å². The SMILES string of the molecule is CNCc1ccc(F)c(S(=O)(=O)NCc2ncc(C)o2)c1. The number of sulfonamides is 1. The average Bonchev–Trinajstić information content (AvgIpc) is 2.85. The van der Waals surface area contributed by atoms with E-state index in [-0.39, 0.29) is 12.4 Å². The number of benzene rings is 1. The molecule has 2 aromatic rings. The lowest BCUT2D eigenvalue weighted by Crippen LogP contribution is -2.24. The van der Waals surface area contributed by atoms with Crippen LogP contribution >= 0.6 is 0 Å². The van der Waals surface area contributed by atoms with Crippen LogP contribution in [0.5, 0.6) is 0 Å². The van der Waals surface area contributed by atoms with Crippen molar-refractivity contribution >= 4 is 10.0 Å². The van der Waals surface area contributed by atoms with Crippen LogP contribution in [0.3, 0.4) is 0 Å². The summed E-state index contributed by atoms with van der Waals surface area (Å²) >= 11 is 0. The zero-order valence-electron chi connectivity index (χ0n) is 11.7. The van der Waals surface area contributed by atoms with Gasteiger partial charge in [0.1, 0.15) is 16.5 Å². The van der Waals surface area contributed by atoms with Crippen molar-refractivity contribution in [3.05, 3.63) is 47.4 Å². The predicted octanol–water partition coefficient (Wildman–Crippen LogP) is 1.32. The monoisotopic (exact) mass is 313 g/mol. The van der Waals surface area contributed by atoms with Crippen molar-refractivity contribution in [2.75, 3.05) is 7.05 Å². The third-order valence-corrected chi connectivity index (χ3v) is 4.16. The van der Waals surface area contributed by atoms with Gasteiger partial charge < -0.3 is 9.73 Å². The first kappa shape index (κ1) is 15.6. The molecule has 0 aliphatic carbocycles. The van der Waals surface area contributed by atoms with Gasteiger partial charge in [-0.2, -0.15) is 0 Å². The number of hydrogen-bond acceptors (Lipinski definition) is 5. The molecule has 0 amide bonds. The van der Waals surface area contributed by atoms with Crippen molar-refractivity contribution in [3.63, 3.8) is 0 Å². The van der Waals surface area contributed by atoms with Gasteiger partial charge in [0.25, 0.3) is 0 Å². The Morgan fingerprint density at radius 2 is 2.10 bits per heavy atom. The third-order valence-electron chi connectivity index (χ3n) is 2.75. The van der Waals surface area contributed by atoms with Crippen LogP contribution in [0.4, 0.5) is 4.39 Å². The fraction of sp³-hybridized carbons (Fsp3) is 0.308. The van der Waals surface area contributed by atoms with E-state index in [1.54, 1.807) is 14.0 Å². The molecule has 2 N–H and O–H groups in total. The second-order valence-electron chi connectivity index (χ2n) is 4.48. The van der Waals surface area contributed by atoms with Gasteiger partial charge in [-0.25, -0.2) is 22.5 Å². The van der Waals surface area contributed by atoms with Crippen LogP contribution < -0.4 is 10.0 Å². The lowest BCUT2D eigenvalue weighted by molar-refractivity contribution is 0.462. The van der Waals surface area contributed by atoms with Gasteiger partial charge in [-0.3, -0.25) is 0 Å². The van der Waals surface area contributed by atoms with Gasteiger partial charge in [0.2, 0.25) is 15.9 Å². The summed E-state index contributed by atoms with van der Waals surface area (Å²) in [5, 5.41) is 2.88. The van der Waals surface area contributed by atoms with Gasteiger partial charge >= 0.3 is 0 Å². The van der Waals surface area contributed by atoms with Crippen molar-refractivity contribution < 1.29 is 17.2 Å². The van der Waals surface area contributed by atoms with E-state index in [2.05, 4.69) is 15.0 Å². The number of hydrogen-bond donors (Lipinski definition) is 2. The van der Waals surface area contributed by atoms with Crippen molar-refractivity contribution in [3.8, 4) is 0 Å². The largest absolute Gasteiger partial charge is 0.445 e. The summed E-state index contributed by atoms with van der Waals surface area (Å²) in [6.07, 6.45) is 1.48. The summed E-state index contributed by atoms with van der Waals surface area (Å²) in [6.45, 7) is 2.01. The summed E-state index contributed by atoms with van der Waals surface area (Å²) in [5.41, 5.74) is 0.672. The molecule has 6 nitrogen and oxygen atoms in total. The van der Waals surface area contributed by atoms with E-state index in [1.165, 1.54) is 18.3 Å². The topological polar surface area (TPSA) is 84.2 Å². The minimum absolute atomic E-state index is 0.133. The molecule has 1 aromatic heterocycles. The smallest absolute Gasteiger partial charge is 0.243 e. The zero-order valence-corrected chi connectivity index (χ0v) is 12.5. The molecule has 114 valence electrons. The van der Waals surface area contributed by atoms with Crippen LogP contribution in [0, 0.1) is 12.7 Å². The Kier molecular flexibility index (Phi) is 4.71. The zero-order chi connectivity index (χ0) is 15.5. The maximum Gasteiger partial charge on any atom is 0.243 e. The van der Waals surface area contributed by atoms with Gasteiger partial charge in [0, 0.05) is 6.54 Å². The van der Waals surface area contributed by atoms with E-state index in [9.17, 15) is 12.8 Å². The maximum absolute atomic E-state index is 13.8. The van der Waals surface area contributed by atoms with Crippen molar-refractivity contribution in [1.82, 2.24) is 15.0 Å². The van der Waals surface area contributed by atoms with E-state index in [1.807, 2.05) is 0 Å². The highest BCUT2D eigenvalue weighted by atomic mass is 32.2. The molecule has 0 unspecified atom stereocenters. The first-order valence-electron chi connectivity index (χ1n) is 6.26. The molecule has 0 saturated carbocycles. The van der Waals surface area contributed by atoms with Gasteiger partial charge in [-0.05, 0) is 31.7 Å². The Labute approximate surface area is 122 Å². The van der Waals surface area contributed by atoms with Crippen LogP contribution in [-0.2, 0) is 23.1 Å². The number of nitrogens with zero attached hydrogens (tertiary/aromatic N) is 1. The molecule has 1 aromatic carbocycles. The number of aromatic nitrogens is 1. The first-order chi connectivity index (χ1) is 9.92. The van der Waals surface area contributed by atoms with Gasteiger partial charge in [0.05, 0.1) is 12.7 Å². The maximum atomic E-state index is 13.8. The molecule has 0 saturated heterocycles. The lowest BCUT2D eigenvalue weighted by atomic mass is 10.2. The summed E-state index contributed by atoms with van der Waals surface area (Å²) < 4.78 is 45.5. The summed E-state index contributed by atoms with van der Waals surface area (Å²) in [4.78, 5) is 3.49. The molecule has 0 aliphatic heterocycles. The van der Waals surface area contributed by atoms with E-state index in [0.717, 1.165) is 6.07 Å². The predicted molar refractivity (Wildman–Crippen MR) is 74.4 cm³/mol. The van der Waals surface area contributed by atoms with Crippen molar-refractivity contribution in [2.24, 2.45) is 0 Å². The van der Waals surface area contributed by atoms with Crippen LogP contribution in [0.2, 0.25) is 0 Å². The van der Waals surface area contributed by atoms with Gasteiger partial charge in [0.15, 0.2) is 0 Å². The second-order valence-corrected chi connectivity index (χ2v) is 6.22. The number of halogens is 1. The fourth-order valence-corrected chi connectivity index (χ4v) is 2.89. The summed E-state index contributed by atoms with van der Waals surface area (Å²) in [7, 11) is -2.25. The Bertz CT molecular complexity index is 728. The number of aryl methyl sites for hydroxylation is 1. The Balaban J connectivity index is 2.20. The highest BCUT2D eigenvalue weighted by molar-refractivity contribution is 7.89. The van der Waals surface area contributed by atoms with Crippen LogP contribution in [0.15, 0.2) is 33.7 Å². The molecule has 0 spiro atoms. The summed E-state index contributed by atoms with van der Waals surface area (Å²) in [6, 6.07) is 3.97. The number of oxazole rings is 1. The van der Waals surface area contributed by atoms with Crippen molar-refractivity contribution in [1.29, 1.82) is 0 Å². The minimum Gasteiger partial charge on any atom is -0.445 e. The van der Waals surface area contributed by atoms with Gasteiger partial charge in [-0.1, -0.05) is 6.07 Å². The van der Waals surface area contributed by atoms with E-state index in [4.69, 9.17) is 4.42 Å². The van der Waals surface area contributed by atoms with E-state index >= 15 is 0 Å². The molecule has 0 aliphatic rings. The van der Waals surface area contributed by atoms with Gasteiger partial charge in [-0.15, -0.1) is 0 Å². The van der Waals surface area contributed by atoms with Crippen LogP contribution in [-0.4, -0.2) is 20.4 Å². The Morgan fingerprint density at radius 3 is 2.71 bits per heavy atom. The highest BCUT2D eigenvalue weighted by Crippen LogP contribution is 2.17. The Morgan fingerprint density at radius 1 is 1.33 bits per heavy atom. The molecule has 2 rings (SSSR count).